The molecule has 0 radical (unpaired) electrons. The molecule has 11 rings (SSSR count). The Balaban J connectivity index is 1.20. The van der Waals surface area contributed by atoms with Crippen LogP contribution in [0, 0.1) is 0 Å². The molecule has 5 nitrogen and oxygen atoms in total. The van der Waals surface area contributed by atoms with Crippen LogP contribution in [0.3, 0.4) is 0 Å². The Morgan fingerprint density at radius 3 is 1.57 bits per heavy atom. The third-order valence-electron chi connectivity index (χ3n) is 11.6. The second-order valence-electron chi connectivity index (χ2n) is 15.2. The molecule has 2 aromatic heterocycles. The summed E-state index contributed by atoms with van der Waals surface area (Å²) in [5.74, 6) is 0.527. The molecule has 288 valence electrons. The van der Waals surface area contributed by atoms with E-state index in [-0.39, 0.29) is 9.79 Å². The Bertz CT molecular complexity index is 3420. The quantitative estimate of drug-likeness (QED) is 0.177. The topological polar surface area (TPSA) is 72.8 Å². The van der Waals surface area contributed by atoms with Crippen LogP contribution in [0.5, 0.6) is 0 Å². The summed E-state index contributed by atoms with van der Waals surface area (Å²) in [5, 5.41) is 1.50. The minimum Gasteiger partial charge on any atom is -0.264 e. The molecule has 0 N–H and O–H groups in total. The van der Waals surface area contributed by atoms with E-state index in [1.54, 1.807) is 12.3 Å². The zero-order valence-electron chi connectivity index (χ0n) is 32.8. The van der Waals surface area contributed by atoms with E-state index in [9.17, 15) is 0 Å². The van der Waals surface area contributed by atoms with Gasteiger partial charge < -0.3 is 0 Å². The Morgan fingerprint density at radius 2 is 0.885 bits per heavy atom. The Kier molecular flexibility index (Phi) is 8.80. The standard InChI is InChI=1S/C55H35N3O2S/c59-61(60)53-23-11-10-22-48(53)46-21-9-8-19-44(46)43-18-6-7-20-45(43)47-30-29-40(33-50(47)49-31-28-37-13-4-5-17-42(37)54(49)61)55-57-51(38-14-2-1-3-15-38)34-52(58-55)39-26-24-36(25-27-39)41-16-12-32-56-35-41/h1-35H. The van der Waals surface area contributed by atoms with Crippen molar-refractivity contribution in [3.63, 3.8) is 0 Å². The number of aromatic nitrogens is 3. The van der Waals surface area contributed by atoms with Gasteiger partial charge in [0.25, 0.3) is 0 Å². The van der Waals surface area contributed by atoms with Gasteiger partial charge in [0.1, 0.15) is 0 Å². The van der Waals surface area contributed by atoms with E-state index in [1.807, 2.05) is 128 Å². The van der Waals surface area contributed by atoms with Crippen molar-refractivity contribution in [2.75, 3.05) is 0 Å². The zero-order chi connectivity index (χ0) is 40.9. The smallest absolute Gasteiger partial charge is 0.208 e. The fourth-order valence-corrected chi connectivity index (χ4v) is 10.6. The molecule has 61 heavy (non-hydrogen) atoms. The summed E-state index contributed by atoms with van der Waals surface area (Å²) in [6, 6.07) is 66.2. The Morgan fingerprint density at radius 1 is 0.361 bits per heavy atom. The molecule has 8 aromatic carbocycles. The van der Waals surface area contributed by atoms with Gasteiger partial charge in [0.2, 0.25) is 9.84 Å². The first kappa shape index (κ1) is 36.3. The largest absolute Gasteiger partial charge is 0.264 e. The number of pyridine rings is 1. The molecule has 0 fully saturated rings. The van der Waals surface area contributed by atoms with Crippen LogP contribution in [0.1, 0.15) is 0 Å². The highest BCUT2D eigenvalue weighted by Crippen LogP contribution is 2.48. The summed E-state index contributed by atoms with van der Waals surface area (Å²) < 4.78 is 31.2. The third-order valence-corrected chi connectivity index (χ3v) is 13.5. The average molecular weight is 802 g/mol. The lowest BCUT2D eigenvalue weighted by molar-refractivity contribution is 0.597. The summed E-state index contributed by atoms with van der Waals surface area (Å²) in [7, 11) is -4.14. The maximum Gasteiger partial charge on any atom is 0.208 e. The molecule has 0 saturated heterocycles. The first-order valence-electron chi connectivity index (χ1n) is 20.2. The molecule has 1 aliphatic rings. The molecule has 0 aliphatic carbocycles. The van der Waals surface area contributed by atoms with Crippen molar-refractivity contribution in [2.24, 2.45) is 0 Å². The van der Waals surface area contributed by atoms with Crippen LogP contribution in [-0.4, -0.2) is 23.4 Å². The summed E-state index contributed by atoms with van der Waals surface area (Å²) in [6.45, 7) is 0. The first-order chi connectivity index (χ1) is 30.0. The SMILES string of the molecule is O=S1(=O)c2ccccc2-c2ccccc2-c2ccccc2-c2ccc(-c3nc(-c4ccccc4)cc(-c4ccc(-c5cccnc5)cc4)n3)cc2-c2ccc3ccccc3c21. The van der Waals surface area contributed by atoms with Gasteiger partial charge in [-0.15, -0.1) is 0 Å². The van der Waals surface area contributed by atoms with Gasteiger partial charge in [0, 0.05) is 45.6 Å². The minimum absolute atomic E-state index is 0.259. The van der Waals surface area contributed by atoms with E-state index in [0.29, 0.717) is 22.3 Å². The molecule has 3 heterocycles. The van der Waals surface area contributed by atoms with E-state index in [1.165, 1.54) is 0 Å². The highest BCUT2D eigenvalue weighted by atomic mass is 32.2. The van der Waals surface area contributed by atoms with E-state index >= 15 is 8.42 Å². The maximum absolute atomic E-state index is 15.6. The molecule has 0 bridgehead atoms. The highest BCUT2D eigenvalue weighted by Gasteiger charge is 2.31. The number of hydrogen-bond acceptors (Lipinski definition) is 5. The monoisotopic (exact) mass is 801 g/mol. The van der Waals surface area contributed by atoms with E-state index in [4.69, 9.17) is 9.97 Å². The van der Waals surface area contributed by atoms with Gasteiger partial charge >= 0.3 is 0 Å². The average Bonchev–Trinajstić information content (AvgIpc) is 3.34. The Labute approximate surface area is 354 Å². The van der Waals surface area contributed by atoms with Crippen LogP contribution in [0.25, 0.3) is 100 Å². The number of benzene rings is 8. The van der Waals surface area contributed by atoms with E-state index < -0.39 is 9.84 Å². The van der Waals surface area contributed by atoms with Crippen LogP contribution >= 0.6 is 0 Å². The minimum atomic E-state index is -4.14. The number of sulfone groups is 1. The molecule has 0 amide bonds. The van der Waals surface area contributed by atoms with Crippen LogP contribution in [0.2, 0.25) is 0 Å². The molecule has 10 aromatic rings. The second-order valence-corrected chi connectivity index (χ2v) is 17.0. The van der Waals surface area contributed by atoms with Gasteiger partial charge in [-0.1, -0.05) is 176 Å². The van der Waals surface area contributed by atoms with Gasteiger partial charge in [-0.25, -0.2) is 18.4 Å². The highest BCUT2D eigenvalue weighted by molar-refractivity contribution is 7.92. The lowest BCUT2D eigenvalue weighted by Gasteiger charge is -2.19. The van der Waals surface area contributed by atoms with Crippen molar-refractivity contribution in [3.8, 4) is 89.5 Å². The number of nitrogens with zero attached hydrogens (tertiary/aromatic N) is 3. The summed E-state index contributed by atoms with van der Waals surface area (Å²) >= 11 is 0. The van der Waals surface area contributed by atoms with Crippen molar-refractivity contribution in [3.05, 3.63) is 213 Å². The van der Waals surface area contributed by atoms with Crippen molar-refractivity contribution in [1.82, 2.24) is 15.0 Å². The number of rotatable bonds is 4. The van der Waals surface area contributed by atoms with Gasteiger partial charge in [-0.3, -0.25) is 4.98 Å². The fourth-order valence-electron chi connectivity index (χ4n) is 8.67. The second kappa shape index (κ2) is 14.8. The molecular weight excluding hydrogens is 767 g/mol. The maximum atomic E-state index is 15.6. The summed E-state index contributed by atoms with van der Waals surface area (Å²) in [4.78, 5) is 15.3. The molecule has 1 aliphatic heterocycles. The van der Waals surface area contributed by atoms with Crippen molar-refractivity contribution in [2.45, 2.75) is 9.79 Å². The van der Waals surface area contributed by atoms with E-state index in [0.717, 1.165) is 78.0 Å². The van der Waals surface area contributed by atoms with Crippen LogP contribution in [0.4, 0.5) is 0 Å². The van der Waals surface area contributed by atoms with Crippen LogP contribution in [-0.2, 0) is 9.84 Å². The molecule has 6 heteroatoms. The third kappa shape index (κ3) is 6.33. The normalized spacial score (nSPS) is 12.5. The Hall–Kier alpha value is -7.80. The summed E-state index contributed by atoms with van der Waals surface area (Å²) in [5.41, 5.74) is 13.0. The fraction of sp³-hybridized carbons (Fsp3) is 0. The van der Waals surface area contributed by atoms with Gasteiger partial charge in [-0.2, -0.15) is 0 Å². The lowest BCUT2D eigenvalue weighted by atomic mass is 9.85. The summed E-state index contributed by atoms with van der Waals surface area (Å²) in [6.07, 6.45) is 3.63. The van der Waals surface area contributed by atoms with Gasteiger partial charge in [-0.05, 0) is 74.2 Å². The van der Waals surface area contributed by atoms with Crippen LogP contribution in [0.15, 0.2) is 222 Å². The molecule has 0 spiro atoms. The van der Waals surface area contributed by atoms with Gasteiger partial charge in [0.15, 0.2) is 5.82 Å². The molecule has 0 unspecified atom stereocenters. The predicted molar refractivity (Wildman–Crippen MR) is 246 cm³/mol. The molecule has 0 saturated carbocycles. The molecule has 0 atom stereocenters. The van der Waals surface area contributed by atoms with Crippen LogP contribution < -0.4 is 0 Å². The van der Waals surface area contributed by atoms with Crippen molar-refractivity contribution >= 4 is 20.6 Å². The molecular formula is C55H35N3O2S. The predicted octanol–water partition coefficient (Wildman–Crippen LogP) is 13.5. The van der Waals surface area contributed by atoms with Crippen molar-refractivity contribution in [1.29, 1.82) is 0 Å². The lowest BCUT2D eigenvalue weighted by Crippen LogP contribution is -2.07. The zero-order valence-corrected chi connectivity index (χ0v) is 33.6. The van der Waals surface area contributed by atoms with Crippen molar-refractivity contribution < 1.29 is 8.42 Å². The number of hydrogen-bond donors (Lipinski definition) is 0. The number of fused-ring (bicyclic) bond motifs is 11. The van der Waals surface area contributed by atoms with E-state index in [2.05, 4.69) is 77.8 Å². The van der Waals surface area contributed by atoms with Gasteiger partial charge in [0.05, 0.1) is 21.2 Å². The first-order valence-corrected chi connectivity index (χ1v) is 21.6.